The summed E-state index contributed by atoms with van der Waals surface area (Å²) >= 11 is 12.0. The highest BCUT2D eigenvalue weighted by Crippen LogP contribution is 2.40. The molecule has 0 fully saturated rings. The molecule has 0 aliphatic carbocycles. The number of alkyl halides is 3. The molecule has 0 aliphatic rings. The van der Waals surface area contributed by atoms with E-state index in [4.69, 9.17) is 27.9 Å². The molecule has 1 aromatic heterocycles. The summed E-state index contributed by atoms with van der Waals surface area (Å²) < 4.78 is 56.8. The first-order chi connectivity index (χ1) is 12.6. The first-order valence-electron chi connectivity index (χ1n) is 7.19. The molecular weight excluding hydrogens is 428 g/mol. The van der Waals surface area contributed by atoms with Gasteiger partial charge in [-0.2, -0.15) is 28.5 Å². The Hall–Kier alpha value is -2.09. The molecule has 0 bridgehead atoms. The van der Waals surface area contributed by atoms with Crippen LogP contribution in [0.15, 0.2) is 22.0 Å². The van der Waals surface area contributed by atoms with Gasteiger partial charge < -0.3 is 4.74 Å². The third kappa shape index (κ3) is 4.43. The number of rotatable bonds is 5. The van der Waals surface area contributed by atoms with Crippen molar-refractivity contribution < 1.29 is 22.1 Å². The summed E-state index contributed by atoms with van der Waals surface area (Å²) in [5.74, 6) is -0.0932. The zero-order valence-corrected chi connectivity index (χ0v) is 16.2. The van der Waals surface area contributed by atoms with Gasteiger partial charge in [0.25, 0.3) is 0 Å². The van der Waals surface area contributed by atoms with Crippen molar-refractivity contribution in [2.75, 3.05) is 12.9 Å². The molecule has 0 saturated heterocycles. The second kappa shape index (κ2) is 8.29. The summed E-state index contributed by atoms with van der Waals surface area (Å²) in [6, 6.07) is 3.12. The Morgan fingerprint density at radius 2 is 2.00 bits per heavy atom. The molecule has 1 aromatic carbocycles. The van der Waals surface area contributed by atoms with Gasteiger partial charge in [0.2, 0.25) is 0 Å². The topological polar surface area (TPSA) is 80.3 Å². The van der Waals surface area contributed by atoms with Gasteiger partial charge in [0.1, 0.15) is 16.7 Å². The Kier molecular flexibility index (Phi) is 6.51. The lowest BCUT2D eigenvalue weighted by Gasteiger charge is -2.13. The molecule has 0 radical (unpaired) electrons. The number of aliphatic imine (C=N–C) groups is 1. The van der Waals surface area contributed by atoms with Crippen molar-refractivity contribution >= 4 is 46.2 Å². The van der Waals surface area contributed by atoms with Crippen molar-refractivity contribution in [3.8, 4) is 11.8 Å². The molecule has 0 N–H and O–H groups in total. The monoisotopic (exact) mass is 438 g/mol. The van der Waals surface area contributed by atoms with E-state index >= 15 is 0 Å². The van der Waals surface area contributed by atoms with Gasteiger partial charge in [-0.25, -0.2) is 4.68 Å². The van der Waals surface area contributed by atoms with Gasteiger partial charge in [-0.05, 0) is 19.1 Å². The van der Waals surface area contributed by atoms with Crippen molar-refractivity contribution in [1.82, 2.24) is 9.78 Å². The quantitative estimate of drug-likeness (QED) is 0.508. The lowest BCUT2D eigenvalue weighted by Crippen LogP contribution is -2.07. The average Bonchev–Trinajstić information content (AvgIpc) is 2.92. The zero-order valence-electron chi connectivity index (χ0n) is 13.8. The number of halogens is 5. The molecule has 27 heavy (non-hydrogen) atoms. The molecule has 0 amide bonds. The van der Waals surface area contributed by atoms with Crippen LogP contribution in [0.1, 0.15) is 18.2 Å². The molecule has 2 rings (SSSR count). The minimum atomic E-state index is -4.65. The van der Waals surface area contributed by atoms with Crippen molar-refractivity contribution in [2.45, 2.75) is 18.0 Å². The van der Waals surface area contributed by atoms with E-state index in [-0.39, 0.29) is 38.7 Å². The number of aromatic nitrogens is 2. The van der Waals surface area contributed by atoms with Crippen LogP contribution in [0.2, 0.25) is 10.0 Å². The lowest BCUT2D eigenvalue weighted by atomic mass is 10.2. The van der Waals surface area contributed by atoms with Gasteiger partial charge in [-0.15, -0.1) is 0 Å². The summed E-state index contributed by atoms with van der Waals surface area (Å²) in [6.45, 7) is 1.99. The molecule has 0 aliphatic heterocycles. The van der Waals surface area contributed by atoms with Crippen molar-refractivity contribution in [2.24, 2.45) is 4.99 Å². The largest absolute Gasteiger partial charge is 0.483 e. The summed E-state index contributed by atoms with van der Waals surface area (Å²) in [7, 11) is -1.68. The Bertz CT molecular complexity index is 944. The molecule has 144 valence electrons. The van der Waals surface area contributed by atoms with E-state index in [2.05, 4.69) is 10.1 Å². The molecule has 1 heterocycles. The molecule has 1 unspecified atom stereocenters. The molecule has 2 aromatic rings. The number of benzene rings is 1. The maximum absolute atomic E-state index is 12.9. The SMILES string of the molecule is CCO/C=N/c1c(S(C)=O)c(C#N)nn1-c1c(Cl)cc(C(F)(F)F)cc1Cl. The smallest absolute Gasteiger partial charge is 0.416 e. The van der Waals surface area contributed by atoms with Crippen LogP contribution in [0.25, 0.3) is 5.69 Å². The van der Waals surface area contributed by atoms with Crippen molar-refractivity contribution in [1.29, 1.82) is 5.26 Å². The van der Waals surface area contributed by atoms with Crippen LogP contribution in [0, 0.1) is 11.3 Å². The fraction of sp³-hybridized carbons (Fsp3) is 0.267. The number of hydrogen-bond donors (Lipinski definition) is 0. The van der Waals surface area contributed by atoms with Crippen LogP contribution in [0.4, 0.5) is 19.0 Å². The van der Waals surface area contributed by atoms with Gasteiger partial charge in [0.15, 0.2) is 17.9 Å². The highest BCUT2D eigenvalue weighted by Gasteiger charge is 2.33. The average molecular weight is 439 g/mol. The van der Waals surface area contributed by atoms with Crippen molar-refractivity contribution in [3.63, 3.8) is 0 Å². The third-order valence-electron chi connectivity index (χ3n) is 3.18. The lowest BCUT2D eigenvalue weighted by molar-refractivity contribution is -0.137. The molecule has 6 nitrogen and oxygen atoms in total. The molecular formula is C15H11Cl2F3N4O2S. The third-order valence-corrected chi connectivity index (χ3v) is 4.71. The maximum Gasteiger partial charge on any atom is 0.416 e. The van der Waals surface area contributed by atoms with Gasteiger partial charge in [0.05, 0.1) is 33.0 Å². The molecule has 0 spiro atoms. The van der Waals surface area contributed by atoms with Crippen LogP contribution in [-0.4, -0.2) is 33.3 Å². The minimum Gasteiger partial charge on any atom is -0.483 e. The van der Waals surface area contributed by atoms with Gasteiger partial charge in [-0.1, -0.05) is 23.2 Å². The Labute approximate surface area is 164 Å². The predicted molar refractivity (Wildman–Crippen MR) is 95.4 cm³/mol. The number of hydrogen-bond acceptors (Lipinski definition) is 5. The van der Waals surface area contributed by atoms with E-state index in [0.717, 1.165) is 11.1 Å². The Balaban J connectivity index is 2.79. The minimum absolute atomic E-state index is 0.0273. The van der Waals surface area contributed by atoms with E-state index in [1.807, 2.05) is 0 Å². The first kappa shape index (κ1) is 21.2. The maximum atomic E-state index is 12.9. The Morgan fingerprint density at radius 3 is 2.44 bits per heavy atom. The van der Waals surface area contributed by atoms with Crippen LogP contribution < -0.4 is 0 Å². The Morgan fingerprint density at radius 1 is 1.41 bits per heavy atom. The van der Waals surface area contributed by atoms with E-state index in [9.17, 15) is 22.6 Å². The summed E-state index contributed by atoms with van der Waals surface area (Å²) in [4.78, 5) is 3.96. The van der Waals surface area contributed by atoms with Crippen molar-refractivity contribution in [3.05, 3.63) is 33.4 Å². The highest BCUT2D eigenvalue weighted by molar-refractivity contribution is 7.84. The second-order valence-corrected chi connectivity index (χ2v) is 7.09. The van der Waals surface area contributed by atoms with E-state index in [0.29, 0.717) is 12.1 Å². The molecule has 0 saturated carbocycles. The van der Waals surface area contributed by atoms with E-state index in [1.165, 1.54) is 6.26 Å². The van der Waals surface area contributed by atoms with Gasteiger partial charge in [-0.3, -0.25) is 4.21 Å². The van der Waals surface area contributed by atoms with E-state index in [1.54, 1.807) is 13.0 Å². The summed E-state index contributed by atoms with van der Waals surface area (Å²) in [5, 5.41) is 12.5. The number of nitrogens with zero attached hydrogens (tertiary/aromatic N) is 4. The van der Waals surface area contributed by atoms with E-state index < -0.39 is 22.5 Å². The van der Waals surface area contributed by atoms with Crippen LogP contribution in [-0.2, 0) is 21.7 Å². The van der Waals surface area contributed by atoms with Crippen LogP contribution in [0.3, 0.4) is 0 Å². The normalized spacial score (nSPS) is 13.0. The molecule has 1 atom stereocenters. The predicted octanol–water partition coefficient (Wildman–Crippen LogP) is 4.50. The van der Waals surface area contributed by atoms with Gasteiger partial charge >= 0.3 is 6.18 Å². The van der Waals surface area contributed by atoms with Gasteiger partial charge in [0, 0.05) is 6.26 Å². The highest BCUT2D eigenvalue weighted by atomic mass is 35.5. The number of nitriles is 1. The zero-order chi connectivity index (χ0) is 20.4. The fourth-order valence-corrected chi connectivity index (χ4v) is 3.50. The summed E-state index contributed by atoms with van der Waals surface area (Å²) in [5.41, 5.74) is -1.41. The first-order valence-corrected chi connectivity index (χ1v) is 9.50. The van der Waals surface area contributed by atoms with Crippen LogP contribution >= 0.6 is 23.2 Å². The fourth-order valence-electron chi connectivity index (χ4n) is 2.10. The number of ether oxygens (including phenoxy) is 1. The molecule has 12 heteroatoms. The second-order valence-electron chi connectivity index (χ2n) is 4.96. The standard InChI is InChI=1S/C15H11Cl2F3N4O2S/c1-3-26-7-22-14-13(27(2)25)11(6-21)23-24(14)12-9(16)4-8(5-10(12)17)15(18,19)20/h4-5,7H,3H2,1-2H3/b22-7+. The van der Waals surface area contributed by atoms with Crippen LogP contribution in [0.5, 0.6) is 0 Å². The summed E-state index contributed by atoms with van der Waals surface area (Å²) in [6.07, 6.45) is -2.31.